The van der Waals surface area contributed by atoms with Crippen molar-refractivity contribution in [1.82, 2.24) is 21.3 Å². The summed E-state index contributed by atoms with van der Waals surface area (Å²) >= 11 is 1.90. The monoisotopic (exact) mass is 1220 g/mol. The normalized spacial score (nSPS) is 24.4. The number of amides is 4. The zero-order valence-corrected chi connectivity index (χ0v) is 53.4. The SMILES string of the molecule is C=C1CC[C@@H](NC(=O)CCOCCOCCOCCOCCOCCOCCOCCOCCOCCOCCOCCOCCNC(=O)CCCC[C@@H]2SC[C@@H]3NC(=O)N[C@@H]32)C/C1=C/C=C1\CCC[C@@]2(C)C1CC[C@@H]2C(C)CCCC(C)(C)O. The van der Waals surface area contributed by atoms with E-state index < -0.39 is 5.60 Å². The van der Waals surface area contributed by atoms with E-state index in [2.05, 4.69) is 53.8 Å². The summed E-state index contributed by atoms with van der Waals surface area (Å²) in [5, 5.41) is 22.8. The van der Waals surface area contributed by atoms with Crippen LogP contribution in [0.15, 0.2) is 35.5 Å². The minimum absolute atomic E-state index is 0.0215. The molecular formula is C64H112N4O16S. The smallest absolute Gasteiger partial charge is 0.315 e. The van der Waals surface area contributed by atoms with Gasteiger partial charge in [-0.1, -0.05) is 63.0 Å². The highest BCUT2D eigenvalue weighted by molar-refractivity contribution is 8.00. The second kappa shape index (κ2) is 43.8. The van der Waals surface area contributed by atoms with Gasteiger partial charge in [-0.2, -0.15) is 11.8 Å². The molecule has 3 aliphatic carbocycles. The Labute approximate surface area is 514 Å². The number of carbonyl (C=O) groups is 3. The van der Waals surface area contributed by atoms with Crippen LogP contribution in [0.5, 0.6) is 0 Å². The molecule has 0 spiro atoms. The topological polar surface area (TPSA) is 230 Å². The Kier molecular flexibility index (Phi) is 37.7. The lowest BCUT2D eigenvalue weighted by atomic mass is 9.60. The molecule has 5 N–H and O–H groups in total. The van der Waals surface area contributed by atoms with Crippen molar-refractivity contribution in [3.63, 3.8) is 0 Å². The lowest BCUT2D eigenvalue weighted by molar-refractivity contribution is -0.123. The van der Waals surface area contributed by atoms with Crippen LogP contribution in [-0.4, -0.2) is 223 Å². The predicted molar refractivity (Wildman–Crippen MR) is 330 cm³/mol. The van der Waals surface area contributed by atoms with Crippen molar-refractivity contribution in [1.29, 1.82) is 0 Å². The Morgan fingerprint density at radius 1 is 0.671 bits per heavy atom. The molecule has 0 bridgehead atoms. The van der Waals surface area contributed by atoms with Gasteiger partial charge in [0.1, 0.15) is 0 Å². The molecule has 2 saturated heterocycles. The van der Waals surface area contributed by atoms with Crippen molar-refractivity contribution in [3.05, 3.63) is 35.5 Å². The summed E-state index contributed by atoms with van der Waals surface area (Å²) in [6.07, 6.45) is 20.5. The van der Waals surface area contributed by atoms with E-state index in [1.807, 2.05) is 25.6 Å². The van der Waals surface area contributed by atoms with Gasteiger partial charge in [0.05, 0.1) is 176 Å². The minimum atomic E-state index is -0.582. The molecule has 2 unspecified atom stereocenters. The number of unbranched alkanes of at least 4 members (excludes halogenated alkanes) is 1. The maximum absolute atomic E-state index is 12.8. The molecule has 0 aromatic heterocycles. The highest BCUT2D eigenvalue weighted by Crippen LogP contribution is 2.60. The number of nitrogens with one attached hydrogen (secondary N) is 4. The zero-order chi connectivity index (χ0) is 60.6. The van der Waals surface area contributed by atoms with E-state index in [-0.39, 0.29) is 36.0 Å². The second-order valence-electron chi connectivity index (χ2n) is 24.1. The molecule has 3 saturated carbocycles. The highest BCUT2D eigenvalue weighted by Gasteiger charge is 2.50. The van der Waals surface area contributed by atoms with E-state index >= 15 is 0 Å². The van der Waals surface area contributed by atoms with Gasteiger partial charge in [0.15, 0.2) is 0 Å². The molecule has 8 atom stereocenters. The summed E-state index contributed by atoms with van der Waals surface area (Å²) in [5.74, 6) is 3.08. The third kappa shape index (κ3) is 31.0. The fraction of sp³-hybridized carbons (Fsp3) is 0.859. The van der Waals surface area contributed by atoms with Crippen LogP contribution in [0.2, 0.25) is 0 Å². The standard InChI is InChI=1S/C64H112N4O16S/c1-50-14-17-54(48-53(50)16-15-52-11-9-22-64(5)55(18-19-56(52)64)51(2)10-8-21-63(3,4)72)66-60(70)20-24-73-26-28-75-30-32-77-34-36-79-38-40-81-42-44-83-46-47-84-45-43-82-41-39-80-37-35-78-33-31-76-29-27-74-25-23-65-59(69)13-7-6-12-58-61-57(49-85-58)67-62(71)68-61/h15-16,51,54-58,61,72H,1,6-14,17-49H2,2-5H3,(H,65,69)(H,66,70)(H2,67,68,71)/b52-15+,53-16-/t51?,54-,55-,56?,57+,58+,61+,64-/m1/s1. The van der Waals surface area contributed by atoms with E-state index in [0.29, 0.717) is 200 Å². The molecule has 4 amide bonds. The molecule has 5 rings (SSSR count). The summed E-state index contributed by atoms with van der Waals surface area (Å²) in [4.78, 5) is 36.5. The van der Waals surface area contributed by atoms with Crippen molar-refractivity contribution >= 4 is 29.6 Å². The number of aliphatic hydroxyl groups is 1. The van der Waals surface area contributed by atoms with Gasteiger partial charge in [-0.05, 0) is 113 Å². The van der Waals surface area contributed by atoms with Crippen LogP contribution in [0.1, 0.15) is 130 Å². The largest absolute Gasteiger partial charge is 0.390 e. The number of allylic oxidation sites excluding steroid dienone is 4. The molecule has 490 valence electrons. The summed E-state index contributed by atoms with van der Waals surface area (Å²) in [6, 6.07) is 0.505. The maximum Gasteiger partial charge on any atom is 0.315 e. The van der Waals surface area contributed by atoms with Gasteiger partial charge in [0.2, 0.25) is 11.8 Å². The van der Waals surface area contributed by atoms with Gasteiger partial charge in [-0.3, -0.25) is 9.59 Å². The van der Waals surface area contributed by atoms with Crippen LogP contribution < -0.4 is 21.3 Å². The van der Waals surface area contributed by atoms with Gasteiger partial charge in [0.25, 0.3) is 0 Å². The van der Waals surface area contributed by atoms with Crippen molar-refractivity contribution in [2.45, 2.75) is 159 Å². The Morgan fingerprint density at radius 3 is 1.72 bits per heavy atom. The van der Waals surface area contributed by atoms with Gasteiger partial charge >= 0.3 is 6.03 Å². The molecule has 0 aromatic carbocycles. The predicted octanol–water partition coefficient (Wildman–Crippen LogP) is 7.29. The maximum atomic E-state index is 12.8. The Balaban J connectivity index is 0.681. The number of thioether (sulfide) groups is 1. The van der Waals surface area contributed by atoms with E-state index in [0.717, 1.165) is 63.0 Å². The third-order valence-electron chi connectivity index (χ3n) is 17.0. The molecule has 2 aliphatic heterocycles. The summed E-state index contributed by atoms with van der Waals surface area (Å²) in [5.41, 5.74) is 3.84. The van der Waals surface area contributed by atoms with Crippen LogP contribution in [0.3, 0.4) is 0 Å². The lowest BCUT2D eigenvalue weighted by Crippen LogP contribution is -2.37. The molecule has 5 aliphatic rings. The van der Waals surface area contributed by atoms with Gasteiger partial charge in [-0.15, -0.1) is 0 Å². The number of fused-ring (bicyclic) bond motifs is 2. The molecule has 2 heterocycles. The second-order valence-corrected chi connectivity index (χ2v) is 25.4. The number of hydrogen-bond acceptors (Lipinski definition) is 17. The van der Waals surface area contributed by atoms with Crippen LogP contribution >= 0.6 is 11.8 Å². The van der Waals surface area contributed by atoms with Crippen LogP contribution in [-0.2, 0) is 66.4 Å². The van der Waals surface area contributed by atoms with Gasteiger partial charge < -0.3 is 83.2 Å². The number of rotatable bonds is 51. The third-order valence-corrected chi connectivity index (χ3v) is 18.5. The fourth-order valence-corrected chi connectivity index (χ4v) is 14.0. The number of hydrogen-bond donors (Lipinski definition) is 5. The van der Waals surface area contributed by atoms with Crippen LogP contribution in [0.4, 0.5) is 4.79 Å². The minimum Gasteiger partial charge on any atom is -0.390 e. The Morgan fingerprint density at radius 2 is 1.19 bits per heavy atom. The molecule has 5 fully saturated rings. The summed E-state index contributed by atoms with van der Waals surface area (Å²) in [7, 11) is 0. The molecule has 85 heavy (non-hydrogen) atoms. The molecule has 21 heteroatoms. The van der Waals surface area contributed by atoms with Crippen molar-refractivity contribution < 1.29 is 76.3 Å². The van der Waals surface area contributed by atoms with E-state index in [9.17, 15) is 19.5 Å². The van der Waals surface area contributed by atoms with Crippen molar-refractivity contribution in [2.75, 3.05) is 171 Å². The first-order chi connectivity index (χ1) is 41.3. The average molecular weight is 1230 g/mol. The molecule has 20 nitrogen and oxygen atoms in total. The molecule has 0 radical (unpaired) electrons. The summed E-state index contributed by atoms with van der Waals surface area (Å²) in [6.45, 7) is 24.8. The molecular weight excluding hydrogens is 1110 g/mol. The first-order valence-electron chi connectivity index (χ1n) is 32.3. The summed E-state index contributed by atoms with van der Waals surface area (Å²) < 4.78 is 66.8. The van der Waals surface area contributed by atoms with Crippen molar-refractivity contribution in [3.8, 4) is 0 Å². The quantitative estimate of drug-likeness (QED) is 0.0297. The van der Waals surface area contributed by atoms with Crippen LogP contribution in [0, 0.1) is 23.2 Å². The number of urea groups is 1. The number of ether oxygens (including phenoxy) is 12. The first kappa shape index (κ1) is 73.0. The lowest BCUT2D eigenvalue weighted by Gasteiger charge is -2.44. The van der Waals surface area contributed by atoms with Crippen LogP contribution in [0.25, 0.3) is 0 Å². The van der Waals surface area contributed by atoms with Gasteiger partial charge in [-0.25, -0.2) is 4.79 Å². The Hall–Kier alpha value is -2.74. The Bertz CT molecular complexity index is 1910. The van der Waals surface area contributed by atoms with E-state index in [4.69, 9.17) is 56.8 Å². The van der Waals surface area contributed by atoms with E-state index in [1.54, 1.807) is 5.57 Å². The average Bonchev–Trinajstić information content (AvgIpc) is 1.81. The van der Waals surface area contributed by atoms with Crippen molar-refractivity contribution in [2.24, 2.45) is 23.2 Å². The van der Waals surface area contributed by atoms with Gasteiger partial charge in [0, 0.05) is 36.4 Å². The highest BCUT2D eigenvalue weighted by atomic mass is 32.2. The molecule has 0 aromatic rings. The van der Waals surface area contributed by atoms with E-state index in [1.165, 1.54) is 49.7 Å². The number of carbonyl (C=O) groups excluding carboxylic acids is 3. The zero-order valence-electron chi connectivity index (χ0n) is 52.6. The fourth-order valence-electron chi connectivity index (χ4n) is 12.4. The first-order valence-corrected chi connectivity index (χ1v) is 33.3.